The average molecular weight is 300 g/mol. The van der Waals surface area contributed by atoms with E-state index in [1.807, 2.05) is 0 Å². The van der Waals surface area contributed by atoms with Gasteiger partial charge in [-0.1, -0.05) is 19.3 Å². The summed E-state index contributed by atoms with van der Waals surface area (Å²) in [6.45, 7) is 0. The molecule has 2 rings (SSSR count). The SMILES string of the molecule is FC(F)(F)c1nsc(NC2CCCCCC2Cl)n1. The first-order valence-electron chi connectivity index (χ1n) is 5.78. The Morgan fingerprint density at radius 1 is 1.22 bits per heavy atom. The fourth-order valence-corrected chi connectivity index (χ4v) is 2.97. The molecule has 1 aromatic rings. The second-order valence-electron chi connectivity index (χ2n) is 4.33. The van der Waals surface area contributed by atoms with E-state index in [9.17, 15) is 13.2 Å². The Kier molecular flexibility index (Phi) is 4.32. The van der Waals surface area contributed by atoms with Crippen LogP contribution in [0.25, 0.3) is 0 Å². The lowest BCUT2D eigenvalue weighted by atomic mass is 10.1. The van der Waals surface area contributed by atoms with E-state index in [0.717, 1.165) is 43.6 Å². The van der Waals surface area contributed by atoms with Gasteiger partial charge in [0.15, 0.2) is 0 Å². The van der Waals surface area contributed by atoms with Gasteiger partial charge in [0.1, 0.15) is 0 Å². The molecule has 1 aromatic heterocycles. The maximum Gasteiger partial charge on any atom is 0.452 e. The molecule has 1 aliphatic rings. The summed E-state index contributed by atoms with van der Waals surface area (Å²) in [4.78, 5) is 3.45. The van der Waals surface area contributed by atoms with Gasteiger partial charge in [0, 0.05) is 17.6 Å². The number of anilines is 1. The van der Waals surface area contributed by atoms with E-state index >= 15 is 0 Å². The Morgan fingerprint density at radius 3 is 2.61 bits per heavy atom. The molecule has 2 atom stereocenters. The Bertz CT molecular complexity index is 396. The van der Waals surface area contributed by atoms with Crippen molar-refractivity contribution in [2.24, 2.45) is 0 Å². The highest BCUT2D eigenvalue weighted by atomic mass is 35.5. The number of nitrogens with zero attached hydrogens (tertiary/aromatic N) is 2. The smallest absolute Gasteiger partial charge is 0.356 e. The molecule has 18 heavy (non-hydrogen) atoms. The van der Waals surface area contributed by atoms with Gasteiger partial charge in [-0.3, -0.25) is 0 Å². The molecule has 0 aromatic carbocycles. The molecule has 102 valence electrons. The summed E-state index contributed by atoms with van der Waals surface area (Å²) in [7, 11) is 0. The van der Waals surface area contributed by atoms with E-state index < -0.39 is 12.0 Å². The van der Waals surface area contributed by atoms with Crippen LogP contribution in [0, 0.1) is 0 Å². The second-order valence-corrected chi connectivity index (χ2v) is 5.64. The van der Waals surface area contributed by atoms with Crippen molar-refractivity contribution < 1.29 is 13.2 Å². The quantitative estimate of drug-likeness (QED) is 0.664. The van der Waals surface area contributed by atoms with Crippen LogP contribution in [0.3, 0.4) is 0 Å². The molecule has 0 saturated heterocycles. The number of alkyl halides is 4. The van der Waals surface area contributed by atoms with Crippen LogP contribution >= 0.6 is 23.1 Å². The molecule has 1 N–H and O–H groups in total. The number of hydrogen-bond acceptors (Lipinski definition) is 4. The van der Waals surface area contributed by atoms with Crippen LogP contribution in [-0.4, -0.2) is 20.8 Å². The van der Waals surface area contributed by atoms with E-state index in [4.69, 9.17) is 11.6 Å². The molecule has 2 unspecified atom stereocenters. The minimum atomic E-state index is -4.49. The Balaban J connectivity index is 2.02. The van der Waals surface area contributed by atoms with Crippen molar-refractivity contribution >= 4 is 28.3 Å². The Hall–Kier alpha value is -0.560. The monoisotopic (exact) mass is 299 g/mol. The zero-order chi connectivity index (χ0) is 13.2. The third-order valence-corrected chi connectivity index (χ3v) is 4.09. The average Bonchev–Trinajstić information content (AvgIpc) is 2.66. The number of nitrogens with one attached hydrogen (secondary N) is 1. The van der Waals surface area contributed by atoms with E-state index in [1.165, 1.54) is 0 Å². The lowest BCUT2D eigenvalue weighted by molar-refractivity contribution is -0.144. The van der Waals surface area contributed by atoms with Crippen LogP contribution in [0.5, 0.6) is 0 Å². The molecule has 0 amide bonds. The van der Waals surface area contributed by atoms with E-state index in [2.05, 4.69) is 14.7 Å². The third kappa shape index (κ3) is 3.47. The molecule has 1 heterocycles. The molecule has 1 fully saturated rings. The van der Waals surface area contributed by atoms with Crippen LogP contribution in [0.15, 0.2) is 0 Å². The zero-order valence-electron chi connectivity index (χ0n) is 9.50. The van der Waals surface area contributed by atoms with Crippen molar-refractivity contribution in [2.45, 2.75) is 49.7 Å². The van der Waals surface area contributed by atoms with Crippen molar-refractivity contribution in [1.82, 2.24) is 9.36 Å². The summed E-state index contributed by atoms with van der Waals surface area (Å²) >= 11 is 6.93. The van der Waals surface area contributed by atoms with Gasteiger partial charge >= 0.3 is 6.18 Å². The van der Waals surface area contributed by atoms with Gasteiger partial charge in [0.25, 0.3) is 0 Å². The van der Waals surface area contributed by atoms with Gasteiger partial charge in [0.05, 0.1) is 5.38 Å². The summed E-state index contributed by atoms with van der Waals surface area (Å²) in [5.74, 6) is -1.09. The van der Waals surface area contributed by atoms with Crippen molar-refractivity contribution in [3.63, 3.8) is 0 Å². The number of rotatable bonds is 2. The zero-order valence-corrected chi connectivity index (χ0v) is 11.1. The van der Waals surface area contributed by atoms with Gasteiger partial charge in [-0.05, 0) is 12.8 Å². The molecule has 1 saturated carbocycles. The summed E-state index contributed by atoms with van der Waals surface area (Å²) in [6.07, 6.45) is 0.465. The van der Waals surface area contributed by atoms with Crippen molar-refractivity contribution in [3.05, 3.63) is 5.82 Å². The fourth-order valence-electron chi connectivity index (χ4n) is 1.98. The largest absolute Gasteiger partial charge is 0.452 e. The minimum Gasteiger partial charge on any atom is -0.356 e. The number of halogens is 4. The Morgan fingerprint density at radius 2 is 1.94 bits per heavy atom. The third-order valence-electron chi connectivity index (χ3n) is 2.92. The molecule has 0 spiro atoms. The molecule has 0 bridgehead atoms. The molecule has 8 heteroatoms. The van der Waals surface area contributed by atoms with Crippen molar-refractivity contribution in [1.29, 1.82) is 0 Å². The molecule has 0 aliphatic heterocycles. The minimum absolute atomic E-state index is 0.0248. The number of hydrogen-bond donors (Lipinski definition) is 1. The van der Waals surface area contributed by atoms with Crippen LogP contribution in [0.1, 0.15) is 37.9 Å². The molecule has 0 radical (unpaired) electrons. The van der Waals surface area contributed by atoms with Crippen LogP contribution in [0.4, 0.5) is 18.3 Å². The van der Waals surface area contributed by atoms with E-state index in [-0.39, 0.29) is 16.6 Å². The van der Waals surface area contributed by atoms with Gasteiger partial charge in [-0.15, -0.1) is 11.6 Å². The highest BCUT2D eigenvalue weighted by Gasteiger charge is 2.36. The van der Waals surface area contributed by atoms with Gasteiger partial charge in [-0.25, -0.2) is 0 Å². The van der Waals surface area contributed by atoms with Crippen LogP contribution < -0.4 is 5.32 Å². The Labute approximate surface area is 112 Å². The summed E-state index contributed by atoms with van der Waals surface area (Å²) in [5, 5.41) is 3.11. The van der Waals surface area contributed by atoms with Crippen molar-refractivity contribution in [2.75, 3.05) is 5.32 Å². The van der Waals surface area contributed by atoms with Gasteiger partial charge in [-0.2, -0.15) is 22.5 Å². The maximum absolute atomic E-state index is 12.3. The molecule has 1 aliphatic carbocycles. The predicted octanol–water partition coefficient (Wildman–Crippen LogP) is 3.91. The first-order chi connectivity index (χ1) is 8.47. The highest BCUT2D eigenvalue weighted by molar-refractivity contribution is 7.09. The first kappa shape index (κ1) is 13.9. The molecular weight excluding hydrogens is 287 g/mol. The standard InChI is InChI=1S/C10H13ClF3N3S/c11-6-4-2-1-3-5-7(6)15-9-16-8(17-18-9)10(12,13)14/h6-7H,1-5H2,(H,15,16,17). The van der Waals surface area contributed by atoms with Crippen LogP contribution in [0.2, 0.25) is 0 Å². The maximum atomic E-state index is 12.3. The highest BCUT2D eigenvalue weighted by Crippen LogP contribution is 2.30. The summed E-state index contributed by atoms with van der Waals surface area (Å²) in [5.41, 5.74) is 0. The van der Waals surface area contributed by atoms with Gasteiger partial charge in [0.2, 0.25) is 11.0 Å². The van der Waals surface area contributed by atoms with Gasteiger partial charge < -0.3 is 5.32 Å². The predicted molar refractivity (Wildman–Crippen MR) is 65.0 cm³/mol. The summed E-state index contributed by atoms with van der Waals surface area (Å²) in [6, 6.07) is -0.0248. The summed E-state index contributed by atoms with van der Waals surface area (Å²) < 4.78 is 40.3. The first-order valence-corrected chi connectivity index (χ1v) is 6.99. The molecular formula is C10H13ClF3N3S. The topological polar surface area (TPSA) is 37.8 Å². The van der Waals surface area contributed by atoms with E-state index in [1.54, 1.807) is 0 Å². The normalized spacial score (nSPS) is 25.8. The fraction of sp³-hybridized carbons (Fsp3) is 0.800. The molecule has 3 nitrogen and oxygen atoms in total. The lowest BCUT2D eigenvalue weighted by Crippen LogP contribution is -2.28. The number of aromatic nitrogens is 2. The van der Waals surface area contributed by atoms with Crippen molar-refractivity contribution in [3.8, 4) is 0 Å². The van der Waals surface area contributed by atoms with Crippen LogP contribution in [-0.2, 0) is 6.18 Å². The second kappa shape index (κ2) is 5.61. The lowest BCUT2D eigenvalue weighted by Gasteiger charge is -2.20. The van der Waals surface area contributed by atoms with E-state index in [0.29, 0.717) is 0 Å².